The maximum absolute atomic E-state index is 5.80. The topological polar surface area (TPSA) is 28.2 Å². The molecule has 0 unspecified atom stereocenters. The van der Waals surface area contributed by atoms with Gasteiger partial charge in [-0.15, -0.1) is 23.7 Å². The van der Waals surface area contributed by atoms with Crippen molar-refractivity contribution in [1.82, 2.24) is 15.2 Å². The van der Waals surface area contributed by atoms with E-state index in [1.807, 2.05) is 0 Å². The van der Waals surface area contributed by atoms with Gasteiger partial charge in [0.15, 0.2) is 0 Å². The highest BCUT2D eigenvalue weighted by Crippen LogP contribution is 2.20. The SMILES string of the molecule is CN(Cc1ncc(Cl)s1)C1CNC1.Cl. The zero-order valence-corrected chi connectivity index (χ0v) is 10.3. The third-order valence-electron chi connectivity index (χ3n) is 2.29. The van der Waals surface area contributed by atoms with E-state index in [9.17, 15) is 0 Å². The lowest BCUT2D eigenvalue weighted by atomic mass is 10.1. The van der Waals surface area contributed by atoms with Crippen LogP contribution in [-0.4, -0.2) is 36.1 Å². The van der Waals surface area contributed by atoms with E-state index in [1.54, 1.807) is 17.5 Å². The minimum Gasteiger partial charge on any atom is -0.314 e. The normalized spacial score (nSPS) is 16.5. The average molecular weight is 254 g/mol. The monoisotopic (exact) mass is 253 g/mol. The summed E-state index contributed by atoms with van der Waals surface area (Å²) in [4.78, 5) is 6.53. The van der Waals surface area contributed by atoms with E-state index in [1.165, 1.54) is 0 Å². The Kier molecular flexibility index (Phi) is 4.60. The standard InChI is InChI=1S/C8H12ClN3S.ClH/c1-12(6-2-10-3-6)5-8-11-4-7(9)13-8;/h4,6,10H,2-3,5H2,1H3;1H. The molecule has 0 bridgehead atoms. The molecule has 1 saturated heterocycles. The van der Waals surface area contributed by atoms with Crippen molar-refractivity contribution in [3.63, 3.8) is 0 Å². The van der Waals surface area contributed by atoms with E-state index in [0.717, 1.165) is 29.0 Å². The van der Waals surface area contributed by atoms with E-state index in [2.05, 4.69) is 22.2 Å². The van der Waals surface area contributed by atoms with Gasteiger partial charge < -0.3 is 5.32 Å². The van der Waals surface area contributed by atoms with Crippen LogP contribution in [0.5, 0.6) is 0 Å². The maximum atomic E-state index is 5.80. The van der Waals surface area contributed by atoms with Gasteiger partial charge in [-0.1, -0.05) is 11.6 Å². The molecule has 1 aromatic rings. The molecule has 0 aromatic carbocycles. The minimum atomic E-state index is 0. The first-order chi connectivity index (χ1) is 6.25. The van der Waals surface area contributed by atoms with Gasteiger partial charge in [0.2, 0.25) is 0 Å². The molecule has 1 aromatic heterocycles. The number of halogens is 2. The summed E-state index contributed by atoms with van der Waals surface area (Å²) < 4.78 is 0.773. The van der Waals surface area contributed by atoms with Gasteiger partial charge in [-0.05, 0) is 7.05 Å². The highest BCUT2D eigenvalue weighted by atomic mass is 35.5. The van der Waals surface area contributed by atoms with Crippen LogP contribution >= 0.6 is 35.3 Å². The lowest BCUT2D eigenvalue weighted by Gasteiger charge is -2.35. The Bertz CT molecular complexity index is 288. The number of aromatic nitrogens is 1. The molecule has 2 heterocycles. The molecule has 2 rings (SSSR count). The summed E-state index contributed by atoms with van der Waals surface area (Å²) >= 11 is 7.36. The first-order valence-electron chi connectivity index (χ1n) is 4.27. The Morgan fingerprint density at radius 2 is 2.43 bits per heavy atom. The van der Waals surface area contributed by atoms with Crippen LogP contribution in [-0.2, 0) is 6.54 Å². The molecular weight excluding hydrogens is 241 g/mol. The van der Waals surface area contributed by atoms with Gasteiger partial charge in [-0.25, -0.2) is 4.98 Å². The molecule has 0 aliphatic carbocycles. The van der Waals surface area contributed by atoms with Crippen LogP contribution in [0.15, 0.2) is 6.20 Å². The van der Waals surface area contributed by atoms with E-state index in [-0.39, 0.29) is 12.4 Å². The van der Waals surface area contributed by atoms with Gasteiger partial charge in [0.1, 0.15) is 9.34 Å². The highest BCUT2D eigenvalue weighted by molar-refractivity contribution is 7.15. The first-order valence-corrected chi connectivity index (χ1v) is 5.46. The van der Waals surface area contributed by atoms with Crippen molar-refractivity contribution < 1.29 is 0 Å². The zero-order chi connectivity index (χ0) is 9.26. The second-order valence-corrected chi connectivity index (χ2v) is 5.03. The van der Waals surface area contributed by atoms with Crippen molar-refractivity contribution in [1.29, 1.82) is 0 Å². The van der Waals surface area contributed by atoms with Gasteiger partial charge >= 0.3 is 0 Å². The largest absolute Gasteiger partial charge is 0.314 e. The molecular formula is C8H13Cl2N3S. The van der Waals surface area contributed by atoms with Crippen molar-refractivity contribution in [2.75, 3.05) is 20.1 Å². The summed E-state index contributed by atoms with van der Waals surface area (Å²) in [5, 5.41) is 4.35. The predicted octanol–water partition coefficient (Wildman–Crippen LogP) is 1.62. The molecule has 1 aliphatic heterocycles. The van der Waals surface area contributed by atoms with Crippen LogP contribution in [0.2, 0.25) is 4.34 Å². The number of rotatable bonds is 3. The molecule has 0 saturated carbocycles. The second-order valence-electron chi connectivity index (χ2n) is 3.29. The smallest absolute Gasteiger partial charge is 0.113 e. The summed E-state index contributed by atoms with van der Waals surface area (Å²) in [6.07, 6.45) is 1.72. The van der Waals surface area contributed by atoms with Crippen molar-refractivity contribution in [3.8, 4) is 0 Å². The van der Waals surface area contributed by atoms with Gasteiger partial charge in [0.05, 0.1) is 12.7 Å². The van der Waals surface area contributed by atoms with Crippen molar-refractivity contribution >= 4 is 35.3 Å². The van der Waals surface area contributed by atoms with E-state index < -0.39 is 0 Å². The van der Waals surface area contributed by atoms with Gasteiger partial charge in [-0.2, -0.15) is 0 Å². The second kappa shape index (κ2) is 5.28. The van der Waals surface area contributed by atoms with Crippen LogP contribution < -0.4 is 5.32 Å². The summed E-state index contributed by atoms with van der Waals surface area (Å²) in [6.45, 7) is 3.09. The highest BCUT2D eigenvalue weighted by Gasteiger charge is 2.21. The fourth-order valence-corrected chi connectivity index (χ4v) is 2.31. The lowest BCUT2D eigenvalue weighted by Crippen LogP contribution is -2.55. The quantitative estimate of drug-likeness (QED) is 0.888. The number of nitrogens with one attached hydrogen (secondary N) is 1. The van der Waals surface area contributed by atoms with Crippen LogP contribution in [0.4, 0.5) is 0 Å². The number of hydrogen-bond donors (Lipinski definition) is 1. The molecule has 14 heavy (non-hydrogen) atoms. The van der Waals surface area contributed by atoms with Gasteiger partial charge in [-0.3, -0.25) is 4.90 Å². The van der Waals surface area contributed by atoms with E-state index >= 15 is 0 Å². The van der Waals surface area contributed by atoms with E-state index in [4.69, 9.17) is 11.6 Å². The van der Waals surface area contributed by atoms with Crippen molar-refractivity contribution in [2.45, 2.75) is 12.6 Å². The molecule has 6 heteroatoms. The minimum absolute atomic E-state index is 0. The number of hydrogen-bond acceptors (Lipinski definition) is 4. The summed E-state index contributed by atoms with van der Waals surface area (Å²) in [7, 11) is 2.13. The molecule has 0 atom stereocenters. The Morgan fingerprint density at radius 1 is 1.71 bits per heavy atom. The van der Waals surface area contributed by atoms with Gasteiger partial charge in [0, 0.05) is 19.1 Å². The molecule has 0 radical (unpaired) electrons. The lowest BCUT2D eigenvalue weighted by molar-refractivity contribution is 0.173. The fourth-order valence-electron chi connectivity index (χ4n) is 1.29. The number of thiazole rings is 1. The molecule has 1 N–H and O–H groups in total. The molecule has 1 aliphatic rings. The summed E-state index contributed by atoms with van der Waals surface area (Å²) in [6, 6.07) is 0.669. The zero-order valence-electron chi connectivity index (χ0n) is 7.86. The van der Waals surface area contributed by atoms with Crippen LogP contribution in [0, 0.1) is 0 Å². The van der Waals surface area contributed by atoms with Crippen LogP contribution in [0.25, 0.3) is 0 Å². The summed E-state index contributed by atoms with van der Waals surface area (Å²) in [5.41, 5.74) is 0. The first kappa shape index (κ1) is 12.2. The van der Waals surface area contributed by atoms with Crippen LogP contribution in [0.3, 0.4) is 0 Å². The van der Waals surface area contributed by atoms with Gasteiger partial charge in [0.25, 0.3) is 0 Å². The number of nitrogens with zero attached hydrogens (tertiary/aromatic N) is 2. The summed E-state index contributed by atoms with van der Waals surface area (Å²) in [5.74, 6) is 0. The molecule has 0 amide bonds. The predicted molar refractivity (Wildman–Crippen MR) is 62.5 cm³/mol. The third kappa shape index (κ3) is 2.81. The third-order valence-corrected chi connectivity index (χ3v) is 3.39. The van der Waals surface area contributed by atoms with E-state index in [0.29, 0.717) is 6.04 Å². The molecule has 3 nitrogen and oxygen atoms in total. The average Bonchev–Trinajstić information content (AvgIpc) is 2.31. The molecule has 1 fully saturated rings. The Labute approximate surface area is 98.9 Å². The maximum Gasteiger partial charge on any atom is 0.113 e. The van der Waals surface area contributed by atoms with Crippen molar-refractivity contribution in [3.05, 3.63) is 15.5 Å². The number of likely N-dealkylation sites (N-methyl/N-ethyl adjacent to an activating group) is 1. The Balaban J connectivity index is 0.000000980. The Morgan fingerprint density at radius 3 is 2.86 bits per heavy atom. The molecule has 0 spiro atoms. The Hall–Kier alpha value is 0.130. The molecule has 80 valence electrons. The van der Waals surface area contributed by atoms with Crippen LogP contribution in [0.1, 0.15) is 5.01 Å². The van der Waals surface area contributed by atoms with Crippen molar-refractivity contribution in [2.24, 2.45) is 0 Å². The fraction of sp³-hybridized carbons (Fsp3) is 0.625.